The van der Waals surface area contributed by atoms with Gasteiger partial charge in [-0.1, -0.05) is 53.8 Å². The molecule has 0 saturated heterocycles. The van der Waals surface area contributed by atoms with Crippen molar-refractivity contribution in [1.29, 1.82) is 0 Å². The molecule has 3 unspecified atom stereocenters. The zero-order valence-corrected chi connectivity index (χ0v) is 27.5. The average Bonchev–Trinajstić information content (AvgIpc) is 2.56. The lowest BCUT2D eigenvalue weighted by molar-refractivity contribution is 0.0426. The minimum Gasteiger partial charge on any atom is -0.415 e. The molecule has 0 aromatic heterocycles. The van der Waals surface area contributed by atoms with Crippen LogP contribution in [0.4, 0.5) is 0 Å². The normalized spacial score (nSPS) is 19.3. The number of hydrogen-bond acceptors (Lipinski definition) is 3. The van der Waals surface area contributed by atoms with Crippen LogP contribution in [0.2, 0.25) is 58.9 Å². The van der Waals surface area contributed by atoms with E-state index in [9.17, 15) is 0 Å². The van der Waals surface area contributed by atoms with Crippen molar-refractivity contribution in [1.82, 2.24) is 0 Å². The maximum absolute atomic E-state index is 7.34. The van der Waals surface area contributed by atoms with Gasteiger partial charge in [0.25, 0.3) is 0 Å². The van der Waals surface area contributed by atoms with Crippen LogP contribution in [-0.4, -0.2) is 49.4 Å². The highest BCUT2D eigenvalue weighted by Gasteiger charge is 2.54. The molecule has 7 heteroatoms. The highest BCUT2D eigenvalue weighted by molar-refractivity contribution is 6.80. The molecule has 0 aromatic rings. The molecule has 3 nitrogen and oxygen atoms in total. The van der Waals surface area contributed by atoms with E-state index in [0.717, 1.165) is 32.1 Å². The lowest BCUT2D eigenvalue weighted by Gasteiger charge is -2.53. The first kappa shape index (κ1) is 30.7. The second-order valence-corrected chi connectivity index (χ2v) is 29.0. The highest BCUT2D eigenvalue weighted by atomic mass is 28.4. The van der Waals surface area contributed by atoms with Crippen LogP contribution in [0.15, 0.2) is 0 Å². The zero-order valence-electron chi connectivity index (χ0n) is 23.3. The van der Waals surface area contributed by atoms with Gasteiger partial charge in [-0.2, -0.15) is 0 Å². The predicted octanol–water partition coefficient (Wildman–Crippen LogP) is 7.67. The van der Waals surface area contributed by atoms with Crippen molar-refractivity contribution in [3.8, 4) is 0 Å². The third-order valence-electron chi connectivity index (χ3n) is 7.63. The molecule has 0 aromatic carbocycles. The van der Waals surface area contributed by atoms with Crippen molar-refractivity contribution in [3.05, 3.63) is 0 Å². The van der Waals surface area contributed by atoms with Crippen molar-refractivity contribution in [2.24, 2.45) is 0 Å². The molecule has 0 radical (unpaired) electrons. The van der Waals surface area contributed by atoms with E-state index >= 15 is 0 Å². The van der Waals surface area contributed by atoms with E-state index in [1.807, 2.05) is 0 Å². The Balaban J connectivity index is 6.08. The topological polar surface area (TPSA) is 27.7 Å². The molecule has 0 rings (SSSR count). The Morgan fingerprint density at radius 2 is 1.17 bits per heavy atom. The summed E-state index contributed by atoms with van der Waals surface area (Å²) >= 11 is 0. The molecule has 0 aliphatic heterocycles. The molecule has 0 spiro atoms. The average molecular weight is 493 g/mol. The Hall–Kier alpha value is 0.748. The highest BCUT2D eigenvalue weighted by Crippen LogP contribution is 2.40. The smallest absolute Gasteiger partial charge is 0.216 e. The van der Waals surface area contributed by atoms with Gasteiger partial charge in [0.1, 0.15) is 0 Å². The van der Waals surface area contributed by atoms with Crippen molar-refractivity contribution >= 4 is 33.7 Å². The Kier molecular flexibility index (Phi) is 11.1. The van der Waals surface area contributed by atoms with Gasteiger partial charge in [0, 0.05) is 5.22 Å². The van der Waals surface area contributed by atoms with Gasteiger partial charge in [0.05, 0.1) is 18.5 Å². The van der Waals surface area contributed by atoms with E-state index in [4.69, 9.17) is 13.3 Å². The van der Waals surface area contributed by atoms with Gasteiger partial charge in [-0.25, -0.2) is 0 Å². The van der Waals surface area contributed by atoms with E-state index in [-0.39, 0.29) is 15.7 Å². The Morgan fingerprint density at radius 1 is 0.700 bits per heavy atom. The second kappa shape index (κ2) is 10.8. The quantitative estimate of drug-likeness (QED) is 0.233. The largest absolute Gasteiger partial charge is 0.415 e. The van der Waals surface area contributed by atoms with Gasteiger partial charge in [0.2, 0.25) is 17.4 Å². The lowest BCUT2D eigenvalue weighted by Crippen LogP contribution is -2.66. The Bertz CT molecular complexity index is 524. The van der Waals surface area contributed by atoms with E-state index in [1.54, 1.807) is 0 Å². The summed E-state index contributed by atoms with van der Waals surface area (Å²) in [4.78, 5) is 0. The van der Waals surface area contributed by atoms with Crippen LogP contribution in [0, 0.1) is 0 Å². The molecule has 0 saturated carbocycles. The molecule has 0 bridgehead atoms. The first-order chi connectivity index (χ1) is 13.3. The molecular weight excluding hydrogens is 437 g/mol. The SMILES string of the molecule is CCCC(C)(O[Si](C)(C)C)[Si](C)(C)OC(CC)(CC)[SiH](C)OC(C)(CC)[Si](C)(C)C. The Labute approximate surface area is 195 Å². The van der Waals surface area contributed by atoms with E-state index in [1.165, 1.54) is 0 Å². The lowest BCUT2D eigenvalue weighted by atomic mass is 10.2. The fraction of sp³-hybridized carbons (Fsp3) is 1.00. The van der Waals surface area contributed by atoms with Gasteiger partial charge in [0.15, 0.2) is 8.32 Å². The molecule has 0 N–H and O–H groups in total. The number of hydrogen-bond donors (Lipinski definition) is 0. The van der Waals surface area contributed by atoms with Gasteiger partial charge < -0.3 is 13.3 Å². The first-order valence-corrected chi connectivity index (χ1v) is 24.4. The third kappa shape index (κ3) is 7.38. The number of rotatable bonds is 14. The van der Waals surface area contributed by atoms with Crippen LogP contribution in [0.5, 0.6) is 0 Å². The minimum absolute atomic E-state index is 0.00479. The van der Waals surface area contributed by atoms with Crippen LogP contribution < -0.4 is 0 Å². The third-order valence-corrected chi connectivity index (χ3v) is 20.1. The summed E-state index contributed by atoms with van der Waals surface area (Å²) in [7, 11) is -6.98. The molecule has 0 amide bonds. The van der Waals surface area contributed by atoms with Crippen LogP contribution in [0.3, 0.4) is 0 Å². The molecule has 0 fully saturated rings. The first-order valence-electron chi connectivity index (χ1n) is 12.4. The molecule has 0 heterocycles. The van der Waals surface area contributed by atoms with Crippen molar-refractivity contribution in [2.45, 2.75) is 148 Å². The Morgan fingerprint density at radius 3 is 1.47 bits per heavy atom. The summed E-state index contributed by atoms with van der Waals surface area (Å²) in [6.45, 7) is 35.3. The van der Waals surface area contributed by atoms with E-state index in [0.29, 0.717) is 0 Å². The van der Waals surface area contributed by atoms with Crippen LogP contribution in [-0.2, 0) is 13.3 Å². The van der Waals surface area contributed by atoms with Crippen molar-refractivity contribution in [2.75, 3.05) is 0 Å². The van der Waals surface area contributed by atoms with Crippen molar-refractivity contribution in [3.63, 3.8) is 0 Å². The molecule has 0 aliphatic rings. The predicted molar refractivity (Wildman–Crippen MR) is 146 cm³/mol. The summed E-state index contributed by atoms with van der Waals surface area (Å²) in [5.74, 6) is 0. The zero-order chi connectivity index (χ0) is 24.2. The summed E-state index contributed by atoms with van der Waals surface area (Å²) in [5.41, 5.74) is 0. The monoisotopic (exact) mass is 492 g/mol. The van der Waals surface area contributed by atoms with E-state index in [2.05, 4.69) is 100 Å². The second-order valence-electron chi connectivity index (χ2n) is 12.2. The van der Waals surface area contributed by atoms with Gasteiger partial charge in [-0.05, 0) is 78.8 Å². The molecule has 30 heavy (non-hydrogen) atoms. The van der Waals surface area contributed by atoms with Crippen molar-refractivity contribution < 1.29 is 13.3 Å². The standard InChI is InChI=1S/C23H56O3Si4/c1-16-20-22(6,25-29(11,12)13)30(14,15)26-23(18-3,19-4)27(7)24-21(5,17-2)28(8,9)10/h27H,16-20H2,1-15H3. The molecule has 0 aliphatic carbocycles. The van der Waals surface area contributed by atoms with Gasteiger partial charge in [-0.3, -0.25) is 0 Å². The van der Waals surface area contributed by atoms with Gasteiger partial charge >= 0.3 is 0 Å². The summed E-state index contributed by atoms with van der Waals surface area (Å²) in [6.07, 6.45) is 5.32. The fourth-order valence-electron chi connectivity index (χ4n) is 4.58. The van der Waals surface area contributed by atoms with Gasteiger partial charge in [-0.15, -0.1) is 0 Å². The van der Waals surface area contributed by atoms with Crippen LogP contribution in [0.1, 0.15) is 73.6 Å². The van der Waals surface area contributed by atoms with Crippen LogP contribution >= 0.6 is 0 Å². The molecular formula is C23H56O3Si4. The summed E-state index contributed by atoms with van der Waals surface area (Å²) in [5, 5.41) is -0.294. The fourth-order valence-corrected chi connectivity index (χ4v) is 17.2. The summed E-state index contributed by atoms with van der Waals surface area (Å²) < 4.78 is 21.3. The minimum atomic E-state index is -2.18. The molecule has 182 valence electrons. The maximum Gasteiger partial charge on any atom is 0.216 e. The summed E-state index contributed by atoms with van der Waals surface area (Å²) in [6, 6.07) is 0. The van der Waals surface area contributed by atoms with E-state index < -0.39 is 33.7 Å². The van der Waals surface area contributed by atoms with Crippen LogP contribution in [0.25, 0.3) is 0 Å². The maximum atomic E-state index is 7.34. The molecule has 3 atom stereocenters.